The van der Waals surface area contributed by atoms with Crippen molar-refractivity contribution in [3.63, 3.8) is 0 Å². The molecule has 2 aromatic carbocycles. The zero-order valence-electron chi connectivity index (χ0n) is 13.2. The van der Waals surface area contributed by atoms with Crippen molar-refractivity contribution in [1.29, 1.82) is 0 Å². The Morgan fingerprint density at radius 3 is 2.42 bits per heavy atom. The molecule has 0 heterocycles. The van der Waals surface area contributed by atoms with Crippen molar-refractivity contribution < 1.29 is 14.3 Å². The number of hydrogen-bond acceptors (Lipinski definition) is 3. The van der Waals surface area contributed by atoms with Gasteiger partial charge in [0.2, 0.25) is 5.91 Å². The summed E-state index contributed by atoms with van der Waals surface area (Å²) < 4.78 is 4.77. The van der Waals surface area contributed by atoms with E-state index in [2.05, 4.69) is 5.32 Å². The van der Waals surface area contributed by atoms with Gasteiger partial charge in [-0.1, -0.05) is 54.1 Å². The third-order valence-corrected chi connectivity index (χ3v) is 3.63. The van der Waals surface area contributed by atoms with E-state index in [9.17, 15) is 9.59 Å². The summed E-state index contributed by atoms with van der Waals surface area (Å²) >= 11 is 5.82. The first-order valence-corrected chi connectivity index (χ1v) is 7.82. The number of carbonyl (C=O) groups excluding carboxylic acids is 2. The van der Waals surface area contributed by atoms with Gasteiger partial charge in [-0.25, -0.2) is 4.79 Å². The highest BCUT2D eigenvalue weighted by molar-refractivity contribution is 6.30. The van der Waals surface area contributed by atoms with Gasteiger partial charge in [0.1, 0.15) is 6.04 Å². The van der Waals surface area contributed by atoms with Crippen molar-refractivity contribution in [2.75, 3.05) is 7.11 Å². The first kappa shape index (κ1) is 17.8. The molecule has 0 aliphatic rings. The minimum atomic E-state index is -0.736. The quantitative estimate of drug-likeness (QED) is 0.647. The van der Waals surface area contributed by atoms with E-state index in [1.54, 1.807) is 30.3 Å². The monoisotopic (exact) mass is 343 g/mol. The molecule has 24 heavy (non-hydrogen) atoms. The molecule has 0 radical (unpaired) electrons. The first-order valence-electron chi connectivity index (χ1n) is 7.44. The molecule has 1 amide bonds. The molecule has 0 saturated heterocycles. The van der Waals surface area contributed by atoms with Gasteiger partial charge >= 0.3 is 5.97 Å². The summed E-state index contributed by atoms with van der Waals surface area (Å²) in [5.41, 5.74) is 1.78. The normalized spacial score (nSPS) is 11.9. The summed E-state index contributed by atoms with van der Waals surface area (Å²) in [4.78, 5) is 24.0. The van der Waals surface area contributed by atoms with E-state index >= 15 is 0 Å². The predicted molar refractivity (Wildman–Crippen MR) is 94.6 cm³/mol. The van der Waals surface area contributed by atoms with E-state index in [0.717, 1.165) is 11.1 Å². The molecule has 1 N–H and O–H groups in total. The molecule has 0 saturated carbocycles. The number of hydrogen-bond donors (Lipinski definition) is 1. The smallest absolute Gasteiger partial charge is 0.328 e. The Bertz CT molecular complexity index is 711. The Morgan fingerprint density at radius 1 is 1.12 bits per heavy atom. The van der Waals surface area contributed by atoms with E-state index in [1.165, 1.54) is 13.2 Å². The van der Waals surface area contributed by atoms with Crippen molar-refractivity contribution in [2.24, 2.45) is 0 Å². The first-order chi connectivity index (χ1) is 11.6. The zero-order valence-corrected chi connectivity index (χ0v) is 14.0. The van der Waals surface area contributed by atoms with Crippen LogP contribution in [0, 0.1) is 0 Å². The molecule has 124 valence electrons. The van der Waals surface area contributed by atoms with E-state index in [1.807, 2.05) is 30.3 Å². The van der Waals surface area contributed by atoms with Crippen LogP contribution in [0.4, 0.5) is 0 Å². The molecule has 0 fully saturated rings. The Hall–Kier alpha value is -2.59. The van der Waals surface area contributed by atoms with Crippen LogP contribution >= 0.6 is 11.6 Å². The van der Waals surface area contributed by atoms with Gasteiger partial charge in [0.05, 0.1) is 7.11 Å². The van der Waals surface area contributed by atoms with Crippen molar-refractivity contribution in [3.8, 4) is 0 Å². The number of benzene rings is 2. The van der Waals surface area contributed by atoms with Crippen molar-refractivity contribution in [1.82, 2.24) is 5.32 Å². The highest BCUT2D eigenvalue weighted by Crippen LogP contribution is 2.10. The van der Waals surface area contributed by atoms with Crippen LogP contribution in [0.25, 0.3) is 6.08 Å². The van der Waals surface area contributed by atoms with Crippen LogP contribution in [0.1, 0.15) is 11.1 Å². The van der Waals surface area contributed by atoms with Crippen molar-refractivity contribution in [2.45, 2.75) is 12.5 Å². The predicted octanol–water partition coefficient (Wildman–Crippen LogP) is 3.25. The molecule has 0 bridgehead atoms. The van der Waals surface area contributed by atoms with E-state index in [4.69, 9.17) is 16.3 Å². The van der Waals surface area contributed by atoms with E-state index in [-0.39, 0.29) is 5.91 Å². The average molecular weight is 344 g/mol. The maximum Gasteiger partial charge on any atom is 0.328 e. The number of methoxy groups -OCH3 is 1. The molecule has 0 spiro atoms. The van der Waals surface area contributed by atoms with E-state index < -0.39 is 12.0 Å². The second-order valence-electron chi connectivity index (χ2n) is 5.16. The standard InChI is InChI=1S/C19H18ClNO3/c1-24-19(23)17(13-15-5-3-2-4-6-15)21-18(22)12-9-14-7-10-16(20)11-8-14/h2-12,17H,13H2,1H3,(H,21,22)/b12-9+. The average Bonchev–Trinajstić information content (AvgIpc) is 2.61. The molecule has 4 nitrogen and oxygen atoms in total. The number of halogens is 1. The summed E-state index contributed by atoms with van der Waals surface area (Å²) in [7, 11) is 1.30. The summed E-state index contributed by atoms with van der Waals surface area (Å²) in [5.74, 6) is -0.844. The van der Waals surface area contributed by atoms with Gasteiger partial charge in [-0.05, 0) is 29.3 Å². The Balaban J connectivity index is 2.01. The SMILES string of the molecule is COC(=O)C(Cc1ccccc1)NC(=O)/C=C/c1ccc(Cl)cc1. The van der Waals surface area contributed by atoms with Gasteiger partial charge < -0.3 is 10.1 Å². The molecule has 2 rings (SSSR count). The van der Waals surface area contributed by atoms with Crippen LogP contribution in [-0.2, 0) is 20.7 Å². The lowest BCUT2D eigenvalue weighted by Gasteiger charge is -2.15. The number of esters is 1. The third kappa shape index (κ3) is 5.56. The fourth-order valence-electron chi connectivity index (χ4n) is 2.15. The lowest BCUT2D eigenvalue weighted by atomic mass is 10.1. The maximum atomic E-state index is 12.1. The van der Waals surface area contributed by atoms with Gasteiger partial charge in [0.15, 0.2) is 0 Å². The van der Waals surface area contributed by atoms with Crippen molar-refractivity contribution >= 4 is 29.6 Å². The highest BCUT2D eigenvalue weighted by Gasteiger charge is 2.20. The van der Waals surface area contributed by atoms with Crippen LogP contribution in [0.3, 0.4) is 0 Å². The molecular weight excluding hydrogens is 326 g/mol. The number of carbonyl (C=O) groups is 2. The highest BCUT2D eigenvalue weighted by atomic mass is 35.5. The van der Waals surface area contributed by atoms with Crippen LogP contribution < -0.4 is 5.32 Å². The number of amides is 1. The van der Waals surface area contributed by atoms with Crippen LogP contribution in [-0.4, -0.2) is 25.0 Å². The fourth-order valence-corrected chi connectivity index (χ4v) is 2.28. The maximum absolute atomic E-state index is 12.1. The summed E-state index contributed by atoms with van der Waals surface area (Å²) in [6, 6.07) is 15.8. The molecule has 5 heteroatoms. The second-order valence-corrected chi connectivity index (χ2v) is 5.60. The Kier molecular flexibility index (Phi) is 6.58. The molecular formula is C19H18ClNO3. The third-order valence-electron chi connectivity index (χ3n) is 3.38. The second kappa shape index (κ2) is 8.89. The van der Waals surface area contributed by atoms with Crippen LogP contribution in [0.2, 0.25) is 5.02 Å². The Morgan fingerprint density at radius 2 is 1.79 bits per heavy atom. The van der Waals surface area contributed by atoms with Crippen LogP contribution in [0.15, 0.2) is 60.7 Å². The lowest BCUT2D eigenvalue weighted by Crippen LogP contribution is -2.42. The van der Waals surface area contributed by atoms with Gasteiger partial charge in [0.25, 0.3) is 0 Å². The Labute approximate surface area is 146 Å². The minimum Gasteiger partial charge on any atom is -0.467 e. The molecule has 2 aromatic rings. The largest absolute Gasteiger partial charge is 0.467 e. The van der Waals surface area contributed by atoms with Gasteiger partial charge in [-0.2, -0.15) is 0 Å². The molecule has 1 unspecified atom stereocenters. The number of rotatable bonds is 6. The fraction of sp³-hybridized carbons (Fsp3) is 0.158. The summed E-state index contributed by atoms with van der Waals surface area (Å²) in [5, 5.41) is 3.30. The lowest BCUT2D eigenvalue weighted by molar-refractivity contribution is -0.144. The van der Waals surface area contributed by atoms with Gasteiger partial charge in [0, 0.05) is 17.5 Å². The van der Waals surface area contributed by atoms with E-state index in [0.29, 0.717) is 11.4 Å². The molecule has 1 atom stereocenters. The van der Waals surface area contributed by atoms with Crippen LogP contribution in [0.5, 0.6) is 0 Å². The van der Waals surface area contributed by atoms with Crippen molar-refractivity contribution in [3.05, 3.63) is 76.8 Å². The number of nitrogens with one attached hydrogen (secondary N) is 1. The zero-order chi connectivity index (χ0) is 17.4. The molecule has 0 aliphatic carbocycles. The summed E-state index contributed by atoms with van der Waals surface area (Å²) in [6.45, 7) is 0. The summed E-state index contributed by atoms with van der Waals surface area (Å²) in [6.07, 6.45) is 3.40. The van der Waals surface area contributed by atoms with Gasteiger partial charge in [-0.15, -0.1) is 0 Å². The minimum absolute atomic E-state index is 0.365. The molecule has 0 aromatic heterocycles. The topological polar surface area (TPSA) is 55.4 Å². The van der Waals surface area contributed by atoms with Gasteiger partial charge in [-0.3, -0.25) is 4.79 Å². The number of ether oxygens (including phenoxy) is 1. The molecule has 0 aliphatic heterocycles.